The number of ether oxygens (including phenoxy) is 1. The molecule has 0 atom stereocenters. The first-order valence-electron chi connectivity index (χ1n) is 6.39. The molecule has 0 unspecified atom stereocenters. The van der Waals surface area contributed by atoms with Crippen LogP contribution in [0.3, 0.4) is 0 Å². The van der Waals surface area contributed by atoms with Crippen LogP contribution in [0.5, 0.6) is 11.5 Å². The largest absolute Gasteiger partial charge is 0.457 e. The molecule has 0 bridgehead atoms. The zero-order valence-electron chi connectivity index (χ0n) is 11.4. The van der Waals surface area contributed by atoms with Gasteiger partial charge >= 0.3 is 0 Å². The summed E-state index contributed by atoms with van der Waals surface area (Å²) in [7, 11) is 0. The van der Waals surface area contributed by atoms with Gasteiger partial charge in [-0.2, -0.15) is 0 Å². The van der Waals surface area contributed by atoms with E-state index in [1.807, 2.05) is 19.2 Å². The fourth-order valence-electron chi connectivity index (χ4n) is 1.72. The Hall–Kier alpha value is -1.29. The van der Waals surface area contributed by atoms with E-state index in [9.17, 15) is 0 Å². The average Bonchev–Trinajstić information content (AvgIpc) is 2.42. The Morgan fingerprint density at radius 3 is 2.70 bits per heavy atom. The summed E-state index contributed by atoms with van der Waals surface area (Å²) in [5.74, 6) is 1.43. The van der Waals surface area contributed by atoms with Crippen molar-refractivity contribution in [3.05, 3.63) is 51.8 Å². The summed E-state index contributed by atoms with van der Waals surface area (Å²) in [6.07, 6.45) is 1.82. The monoisotopic (exact) mass is 310 g/mol. The number of aromatic nitrogens is 1. The zero-order valence-corrected chi connectivity index (χ0v) is 12.9. The fourth-order valence-corrected chi connectivity index (χ4v) is 2.01. The van der Waals surface area contributed by atoms with Crippen molar-refractivity contribution >= 4 is 23.2 Å². The van der Waals surface area contributed by atoms with E-state index in [1.54, 1.807) is 18.2 Å². The van der Waals surface area contributed by atoms with Crippen LogP contribution >= 0.6 is 23.2 Å². The number of halogens is 2. The van der Waals surface area contributed by atoms with Crippen LogP contribution in [0.2, 0.25) is 10.0 Å². The molecule has 0 fully saturated rings. The molecule has 3 nitrogen and oxygen atoms in total. The summed E-state index contributed by atoms with van der Waals surface area (Å²) >= 11 is 11.9. The van der Waals surface area contributed by atoms with Gasteiger partial charge in [0.25, 0.3) is 0 Å². The van der Waals surface area contributed by atoms with E-state index in [0.29, 0.717) is 22.3 Å². The summed E-state index contributed by atoms with van der Waals surface area (Å²) in [6, 6.07) is 7.13. The highest BCUT2D eigenvalue weighted by Gasteiger charge is 2.08. The second kappa shape index (κ2) is 6.93. The molecule has 2 rings (SSSR count). The third kappa shape index (κ3) is 3.85. The molecule has 106 valence electrons. The minimum atomic E-state index is 0.475. The van der Waals surface area contributed by atoms with E-state index in [4.69, 9.17) is 27.9 Å². The average molecular weight is 311 g/mol. The number of rotatable bonds is 5. The second-order valence-electron chi connectivity index (χ2n) is 4.39. The topological polar surface area (TPSA) is 34.2 Å². The Bertz CT molecular complexity index is 602. The quantitative estimate of drug-likeness (QED) is 0.876. The lowest BCUT2D eigenvalue weighted by Gasteiger charge is -2.12. The van der Waals surface area contributed by atoms with Crippen LogP contribution in [-0.4, -0.2) is 11.5 Å². The molecule has 0 amide bonds. The van der Waals surface area contributed by atoms with Crippen molar-refractivity contribution in [2.24, 2.45) is 0 Å². The van der Waals surface area contributed by atoms with Gasteiger partial charge in [-0.25, -0.2) is 0 Å². The van der Waals surface area contributed by atoms with Gasteiger partial charge in [0.1, 0.15) is 11.5 Å². The van der Waals surface area contributed by atoms with Crippen molar-refractivity contribution in [2.45, 2.75) is 20.4 Å². The molecule has 5 heteroatoms. The van der Waals surface area contributed by atoms with E-state index in [0.717, 1.165) is 23.6 Å². The Labute approximate surface area is 128 Å². The van der Waals surface area contributed by atoms with Crippen LogP contribution in [0.15, 0.2) is 30.5 Å². The normalized spacial score (nSPS) is 10.6. The molecular weight excluding hydrogens is 295 g/mol. The molecule has 1 N–H and O–H groups in total. The van der Waals surface area contributed by atoms with Gasteiger partial charge in [-0.05, 0) is 25.6 Å². The van der Waals surface area contributed by atoms with Crippen LogP contribution in [-0.2, 0) is 6.54 Å². The van der Waals surface area contributed by atoms with Gasteiger partial charge in [-0.3, -0.25) is 4.98 Å². The summed E-state index contributed by atoms with van der Waals surface area (Å²) in [6.45, 7) is 5.58. The number of hydrogen-bond acceptors (Lipinski definition) is 3. The maximum absolute atomic E-state index is 6.00. The summed E-state index contributed by atoms with van der Waals surface area (Å²) < 4.78 is 5.90. The van der Waals surface area contributed by atoms with Crippen LogP contribution in [0.25, 0.3) is 0 Å². The molecule has 0 radical (unpaired) electrons. The molecule has 0 saturated carbocycles. The number of benzene rings is 1. The summed E-state index contributed by atoms with van der Waals surface area (Å²) in [4.78, 5) is 4.30. The van der Waals surface area contributed by atoms with Crippen molar-refractivity contribution in [3.8, 4) is 11.5 Å². The van der Waals surface area contributed by atoms with Crippen molar-refractivity contribution in [2.75, 3.05) is 6.54 Å². The highest BCUT2D eigenvalue weighted by molar-refractivity contribution is 6.42. The first-order valence-corrected chi connectivity index (χ1v) is 7.15. The van der Waals surface area contributed by atoms with Crippen LogP contribution < -0.4 is 10.1 Å². The number of pyridine rings is 1. The minimum absolute atomic E-state index is 0.475. The lowest BCUT2D eigenvalue weighted by atomic mass is 10.2. The minimum Gasteiger partial charge on any atom is -0.457 e. The molecule has 20 heavy (non-hydrogen) atoms. The first-order chi connectivity index (χ1) is 9.60. The molecule has 0 saturated heterocycles. The maximum Gasteiger partial charge on any atom is 0.135 e. The molecule has 0 aliphatic carbocycles. The third-order valence-electron chi connectivity index (χ3n) is 2.76. The predicted molar refractivity (Wildman–Crippen MR) is 82.9 cm³/mol. The van der Waals surface area contributed by atoms with Gasteiger partial charge in [-0.1, -0.05) is 30.1 Å². The molecule has 0 aliphatic heterocycles. The van der Waals surface area contributed by atoms with Gasteiger partial charge in [0.05, 0.1) is 10.0 Å². The highest BCUT2D eigenvalue weighted by Crippen LogP contribution is 2.31. The van der Waals surface area contributed by atoms with Gasteiger partial charge in [0, 0.05) is 36.1 Å². The predicted octanol–water partition coefficient (Wildman–Crippen LogP) is 4.60. The summed E-state index contributed by atoms with van der Waals surface area (Å²) in [5, 5.41) is 4.25. The number of aryl methyl sites for hydroxylation is 1. The lowest BCUT2D eigenvalue weighted by Crippen LogP contribution is -2.12. The zero-order chi connectivity index (χ0) is 14.5. The van der Waals surface area contributed by atoms with Crippen LogP contribution in [0.4, 0.5) is 0 Å². The molecule has 1 aromatic carbocycles. The molecule has 2 aromatic rings. The van der Waals surface area contributed by atoms with Gasteiger partial charge < -0.3 is 10.1 Å². The summed E-state index contributed by atoms with van der Waals surface area (Å²) in [5.41, 5.74) is 1.91. The molecule has 0 aliphatic rings. The standard InChI is InChI=1S/C15H16Cl2N2O/c1-3-18-8-11-9-19-10(2)6-15(11)20-12-4-5-13(16)14(17)7-12/h4-7,9,18H,3,8H2,1-2H3. The van der Waals surface area contributed by atoms with Crippen molar-refractivity contribution in [1.82, 2.24) is 10.3 Å². The van der Waals surface area contributed by atoms with E-state index in [-0.39, 0.29) is 0 Å². The Morgan fingerprint density at radius 2 is 2.00 bits per heavy atom. The molecule has 0 spiro atoms. The Kier molecular flexibility index (Phi) is 5.24. The van der Waals surface area contributed by atoms with Crippen LogP contribution in [0.1, 0.15) is 18.2 Å². The maximum atomic E-state index is 6.00. The number of hydrogen-bond donors (Lipinski definition) is 1. The highest BCUT2D eigenvalue weighted by atomic mass is 35.5. The van der Waals surface area contributed by atoms with E-state index in [2.05, 4.69) is 17.2 Å². The number of nitrogens with zero attached hydrogens (tertiary/aromatic N) is 1. The van der Waals surface area contributed by atoms with Gasteiger partial charge in [0.15, 0.2) is 0 Å². The fraction of sp³-hybridized carbons (Fsp3) is 0.267. The Balaban J connectivity index is 2.26. The number of nitrogens with one attached hydrogen (secondary N) is 1. The van der Waals surface area contributed by atoms with Crippen molar-refractivity contribution < 1.29 is 4.74 Å². The molecule has 1 heterocycles. The van der Waals surface area contributed by atoms with E-state index >= 15 is 0 Å². The van der Waals surface area contributed by atoms with Gasteiger partial charge in [-0.15, -0.1) is 0 Å². The molecular formula is C15H16Cl2N2O. The smallest absolute Gasteiger partial charge is 0.135 e. The second-order valence-corrected chi connectivity index (χ2v) is 5.21. The van der Waals surface area contributed by atoms with Gasteiger partial charge in [0.2, 0.25) is 0 Å². The van der Waals surface area contributed by atoms with E-state index < -0.39 is 0 Å². The SMILES string of the molecule is CCNCc1cnc(C)cc1Oc1ccc(Cl)c(Cl)c1. The van der Waals surface area contributed by atoms with Crippen LogP contribution in [0, 0.1) is 6.92 Å². The Morgan fingerprint density at radius 1 is 1.20 bits per heavy atom. The van der Waals surface area contributed by atoms with Crippen molar-refractivity contribution in [3.63, 3.8) is 0 Å². The molecule has 1 aromatic heterocycles. The van der Waals surface area contributed by atoms with E-state index in [1.165, 1.54) is 0 Å². The van der Waals surface area contributed by atoms with Crippen molar-refractivity contribution in [1.29, 1.82) is 0 Å². The third-order valence-corrected chi connectivity index (χ3v) is 3.50. The lowest BCUT2D eigenvalue weighted by molar-refractivity contribution is 0.471. The first kappa shape index (κ1) is 15.1.